The first-order valence-electron chi connectivity index (χ1n) is 7.18. The van der Waals surface area contributed by atoms with Gasteiger partial charge in [0.1, 0.15) is 0 Å². The number of rotatable bonds is 5. The van der Waals surface area contributed by atoms with Crippen LogP contribution in [0.1, 0.15) is 25.0 Å². The minimum absolute atomic E-state index is 0.234. The molecule has 2 aromatic carbocycles. The van der Waals surface area contributed by atoms with Crippen LogP contribution in [-0.4, -0.2) is 12.6 Å². The molecule has 0 N–H and O–H groups in total. The molecule has 2 nitrogen and oxygen atoms in total. The van der Waals surface area contributed by atoms with Crippen molar-refractivity contribution in [1.82, 2.24) is 0 Å². The molecule has 0 bridgehead atoms. The number of allylic oxidation sites excluding steroid dienone is 1. The highest BCUT2D eigenvalue weighted by Gasteiger charge is 2.15. The van der Waals surface area contributed by atoms with E-state index < -0.39 is 0 Å². The van der Waals surface area contributed by atoms with Gasteiger partial charge in [-0.15, -0.1) is 0 Å². The number of hydrogen-bond donors (Lipinski definition) is 0. The SMILES string of the molecule is CCOC(=O)/C(Cc1ccccc1)=C(\C)c1ccccc1. The molecular weight excluding hydrogens is 260 g/mol. The van der Waals surface area contributed by atoms with Crippen LogP contribution < -0.4 is 0 Å². The van der Waals surface area contributed by atoms with Gasteiger partial charge in [-0.2, -0.15) is 0 Å². The fourth-order valence-corrected chi connectivity index (χ4v) is 2.24. The Balaban J connectivity index is 2.38. The second-order valence-corrected chi connectivity index (χ2v) is 4.85. The van der Waals surface area contributed by atoms with Crippen molar-refractivity contribution in [3.05, 3.63) is 77.4 Å². The number of carbonyl (C=O) groups excluding carboxylic acids is 1. The third kappa shape index (κ3) is 4.06. The van der Waals surface area contributed by atoms with Gasteiger partial charge in [0.15, 0.2) is 0 Å². The van der Waals surface area contributed by atoms with Crippen LogP contribution in [0, 0.1) is 0 Å². The third-order valence-electron chi connectivity index (χ3n) is 3.41. The Morgan fingerprint density at radius 1 is 0.952 bits per heavy atom. The maximum absolute atomic E-state index is 12.3. The molecule has 0 saturated heterocycles. The number of benzene rings is 2. The fourth-order valence-electron chi connectivity index (χ4n) is 2.24. The molecule has 108 valence electrons. The predicted molar refractivity (Wildman–Crippen MR) is 85.8 cm³/mol. The monoisotopic (exact) mass is 280 g/mol. The van der Waals surface area contributed by atoms with E-state index in [0.29, 0.717) is 18.6 Å². The van der Waals surface area contributed by atoms with Crippen molar-refractivity contribution >= 4 is 11.5 Å². The first-order valence-corrected chi connectivity index (χ1v) is 7.18. The van der Waals surface area contributed by atoms with Crippen LogP contribution >= 0.6 is 0 Å². The highest BCUT2D eigenvalue weighted by molar-refractivity contribution is 5.97. The minimum Gasteiger partial charge on any atom is -0.463 e. The number of ether oxygens (including phenoxy) is 1. The van der Waals surface area contributed by atoms with Crippen molar-refractivity contribution in [3.8, 4) is 0 Å². The Kier molecular flexibility index (Phi) is 5.33. The lowest BCUT2D eigenvalue weighted by atomic mass is 9.96. The molecule has 0 saturated carbocycles. The molecule has 0 atom stereocenters. The van der Waals surface area contributed by atoms with Crippen LogP contribution in [0.4, 0.5) is 0 Å². The number of carbonyl (C=O) groups is 1. The van der Waals surface area contributed by atoms with Crippen molar-refractivity contribution < 1.29 is 9.53 Å². The van der Waals surface area contributed by atoms with Crippen LogP contribution in [0.5, 0.6) is 0 Å². The van der Waals surface area contributed by atoms with Crippen LogP contribution in [-0.2, 0) is 16.0 Å². The van der Waals surface area contributed by atoms with Gasteiger partial charge in [0, 0.05) is 12.0 Å². The standard InChI is InChI=1S/C19H20O2/c1-3-21-19(20)18(14-16-10-6-4-7-11-16)15(2)17-12-8-5-9-13-17/h4-13H,3,14H2,1-2H3/b18-15+. The Labute approximate surface area is 126 Å². The smallest absolute Gasteiger partial charge is 0.334 e. The molecule has 2 rings (SSSR count). The van der Waals surface area contributed by atoms with E-state index in [9.17, 15) is 4.79 Å². The summed E-state index contributed by atoms with van der Waals surface area (Å²) in [5, 5.41) is 0. The van der Waals surface area contributed by atoms with Crippen LogP contribution in [0.3, 0.4) is 0 Å². The van der Waals surface area contributed by atoms with Crippen molar-refractivity contribution in [2.45, 2.75) is 20.3 Å². The Morgan fingerprint density at radius 3 is 2.10 bits per heavy atom. The van der Waals surface area contributed by atoms with Crippen LogP contribution in [0.15, 0.2) is 66.2 Å². The largest absolute Gasteiger partial charge is 0.463 e. The zero-order valence-corrected chi connectivity index (χ0v) is 12.5. The first-order chi connectivity index (χ1) is 10.2. The summed E-state index contributed by atoms with van der Waals surface area (Å²) in [6.45, 7) is 4.19. The average Bonchev–Trinajstić information content (AvgIpc) is 2.54. The van der Waals surface area contributed by atoms with Gasteiger partial charge in [-0.3, -0.25) is 0 Å². The summed E-state index contributed by atoms with van der Waals surface area (Å²) in [4.78, 5) is 12.3. The second kappa shape index (κ2) is 7.44. The Morgan fingerprint density at radius 2 is 1.52 bits per heavy atom. The van der Waals surface area contributed by atoms with Gasteiger partial charge in [0.05, 0.1) is 6.61 Å². The number of esters is 1. The Bertz CT molecular complexity index is 613. The van der Waals surface area contributed by atoms with E-state index in [1.807, 2.05) is 74.5 Å². The van der Waals surface area contributed by atoms with Gasteiger partial charge in [-0.1, -0.05) is 60.7 Å². The second-order valence-electron chi connectivity index (χ2n) is 4.85. The molecule has 2 heteroatoms. The summed E-state index contributed by atoms with van der Waals surface area (Å²) in [7, 11) is 0. The maximum atomic E-state index is 12.3. The normalized spacial score (nSPS) is 11.7. The Hall–Kier alpha value is -2.35. The van der Waals surface area contributed by atoms with E-state index in [-0.39, 0.29) is 5.97 Å². The molecule has 0 aliphatic rings. The molecule has 0 radical (unpaired) electrons. The van der Waals surface area contributed by atoms with Gasteiger partial charge >= 0.3 is 5.97 Å². The molecule has 2 aromatic rings. The maximum Gasteiger partial charge on any atom is 0.334 e. The van der Waals surface area contributed by atoms with Crippen LogP contribution in [0.25, 0.3) is 5.57 Å². The number of hydrogen-bond acceptors (Lipinski definition) is 2. The third-order valence-corrected chi connectivity index (χ3v) is 3.41. The summed E-state index contributed by atoms with van der Waals surface area (Å²) in [6, 6.07) is 19.9. The lowest BCUT2D eigenvalue weighted by Gasteiger charge is -2.12. The van der Waals surface area contributed by atoms with E-state index in [0.717, 1.165) is 16.7 Å². The zero-order valence-electron chi connectivity index (χ0n) is 12.5. The van der Waals surface area contributed by atoms with Crippen molar-refractivity contribution in [2.75, 3.05) is 6.61 Å². The van der Waals surface area contributed by atoms with E-state index in [4.69, 9.17) is 4.74 Å². The lowest BCUT2D eigenvalue weighted by Crippen LogP contribution is -2.11. The topological polar surface area (TPSA) is 26.3 Å². The molecule has 0 aromatic heterocycles. The van der Waals surface area contributed by atoms with Gasteiger partial charge < -0.3 is 4.74 Å². The molecule has 0 aliphatic carbocycles. The highest BCUT2D eigenvalue weighted by Crippen LogP contribution is 2.22. The summed E-state index contributed by atoms with van der Waals surface area (Å²) >= 11 is 0. The van der Waals surface area contributed by atoms with E-state index in [1.54, 1.807) is 0 Å². The summed E-state index contributed by atoms with van der Waals surface area (Å²) in [5.74, 6) is -0.234. The summed E-state index contributed by atoms with van der Waals surface area (Å²) in [6.07, 6.45) is 0.584. The molecule has 0 spiro atoms. The lowest BCUT2D eigenvalue weighted by molar-refractivity contribution is -0.138. The van der Waals surface area contributed by atoms with Gasteiger partial charge in [-0.05, 0) is 30.5 Å². The van der Waals surface area contributed by atoms with Crippen molar-refractivity contribution in [2.24, 2.45) is 0 Å². The van der Waals surface area contributed by atoms with Gasteiger partial charge in [0.2, 0.25) is 0 Å². The highest BCUT2D eigenvalue weighted by atomic mass is 16.5. The molecule has 0 heterocycles. The predicted octanol–water partition coefficient (Wildman–Crippen LogP) is 4.27. The van der Waals surface area contributed by atoms with Gasteiger partial charge in [-0.25, -0.2) is 4.79 Å². The molecule has 0 unspecified atom stereocenters. The fraction of sp³-hybridized carbons (Fsp3) is 0.211. The zero-order chi connectivity index (χ0) is 15.1. The summed E-state index contributed by atoms with van der Waals surface area (Å²) < 4.78 is 5.22. The first kappa shape index (κ1) is 15.0. The quantitative estimate of drug-likeness (QED) is 0.604. The minimum atomic E-state index is -0.234. The summed E-state index contributed by atoms with van der Waals surface area (Å²) in [5.41, 5.74) is 3.85. The van der Waals surface area contributed by atoms with Crippen LogP contribution in [0.2, 0.25) is 0 Å². The molecule has 21 heavy (non-hydrogen) atoms. The molecular formula is C19H20O2. The van der Waals surface area contributed by atoms with E-state index in [2.05, 4.69) is 0 Å². The average molecular weight is 280 g/mol. The molecule has 0 aliphatic heterocycles. The van der Waals surface area contributed by atoms with Crippen molar-refractivity contribution in [3.63, 3.8) is 0 Å². The molecule has 0 amide bonds. The van der Waals surface area contributed by atoms with E-state index in [1.165, 1.54) is 0 Å². The molecule has 0 fully saturated rings. The van der Waals surface area contributed by atoms with Crippen molar-refractivity contribution in [1.29, 1.82) is 0 Å². The van der Waals surface area contributed by atoms with Gasteiger partial charge in [0.25, 0.3) is 0 Å². The van der Waals surface area contributed by atoms with E-state index >= 15 is 0 Å².